The lowest BCUT2D eigenvalue weighted by Gasteiger charge is -2.00. The number of hydrogen-bond donors (Lipinski definition) is 3. The topological polar surface area (TPSA) is 118 Å². The summed E-state index contributed by atoms with van der Waals surface area (Å²) in [5, 5.41) is 26.2. The molecule has 0 aliphatic rings. The van der Waals surface area contributed by atoms with Crippen LogP contribution in [0.3, 0.4) is 0 Å². The molecule has 7 nitrogen and oxygen atoms in total. The molecule has 0 bridgehead atoms. The van der Waals surface area contributed by atoms with Gasteiger partial charge in [-0.3, -0.25) is 15.5 Å². The van der Waals surface area contributed by atoms with Crippen molar-refractivity contribution in [3.8, 4) is 0 Å². The Kier molecular flexibility index (Phi) is 1.70. The second-order valence-corrected chi connectivity index (χ2v) is 2.06. The van der Waals surface area contributed by atoms with E-state index in [-0.39, 0.29) is 10.5 Å². The van der Waals surface area contributed by atoms with Crippen molar-refractivity contribution in [3.63, 3.8) is 0 Å². The minimum Gasteiger partial charge on any atom is -0.425 e. The molecule has 0 saturated carbocycles. The van der Waals surface area contributed by atoms with E-state index < -0.39 is 16.1 Å². The van der Waals surface area contributed by atoms with E-state index in [9.17, 15) is 10.1 Å². The van der Waals surface area contributed by atoms with Crippen LogP contribution in [0.1, 0.15) is 0 Å². The number of pyridine rings is 1. The molecule has 0 aromatic carbocycles. The van der Waals surface area contributed by atoms with Gasteiger partial charge in [0, 0.05) is 6.07 Å². The summed E-state index contributed by atoms with van der Waals surface area (Å²) < 4.78 is 0.248. The summed E-state index contributed by atoms with van der Waals surface area (Å²) in [6.45, 7) is 0. The van der Waals surface area contributed by atoms with Crippen molar-refractivity contribution in [2.24, 2.45) is 0 Å². The molecule has 0 fully saturated rings. The first-order valence-electron chi connectivity index (χ1n) is 2.94. The van der Waals surface area contributed by atoms with Gasteiger partial charge in [0.05, 0.1) is 4.92 Å². The number of nitrogens with two attached hydrogens (primary N) is 1. The number of nitrogens with one attached hydrogen (secondary N) is 1. The van der Waals surface area contributed by atoms with Gasteiger partial charge in [-0.1, -0.05) is 0 Å². The molecule has 4 N–H and O–H groups in total. The number of rotatable bonds is 1. The van der Waals surface area contributed by atoms with Crippen molar-refractivity contribution < 1.29 is 10.1 Å². The van der Waals surface area contributed by atoms with Crippen LogP contribution in [-0.2, 0) is 0 Å². The summed E-state index contributed by atoms with van der Waals surface area (Å²) in [4.78, 5) is 9.44. The summed E-state index contributed by atoms with van der Waals surface area (Å²) in [7, 11) is 0. The van der Waals surface area contributed by atoms with Gasteiger partial charge in [0.15, 0.2) is 0 Å². The molecule has 64 valence electrons. The van der Waals surface area contributed by atoms with E-state index in [0.717, 1.165) is 12.1 Å². The van der Waals surface area contributed by atoms with Crippen LogP contribution in [0.25, 0.3) is 0 Å². The average Bonchev–Trinajstić information content (AvgIpc) is 2.00. The second-order valence-electron chi connectivity index (χ2n) is 2.06. The Morgan fingerprint density at radius 3 is 2.75 bits per heavy atom. The number of nitrogens with zero attached hydrogens (tertiary/aromatic N) is 2. The van der Waals surface area contributed by atoms with Crippen LogP contribution in [0.5, 0.6) is 0 Å². The summed E-state index contributed by atoms with van der Waals surface area (Å²) >= 11 is 0. The van der Waals surface area contributed by atoms with Crippen molar-refractivity contribution in [3.05, 3.63) is 27.7 Å². The van der Waals surface area contributed by atoms with E-state index >= 15 is 0 Å². The molecule has 0 atom stereocenters. The van der Waals surface area contributed by atoms with Gasteiger partial charge >= 0.3 is 5.69 Å². The van der Waals surface area contributed by atoms with Gasteiger partial charge < -0.3 is 10.9 Å². The lowest BCUT2D eigenvalue weighted by molar-refractivity contribution is -0.387. The van der Waals surface area contributed by atoms with Crippen LogP contribution in [0.15, 0.2) is 12.1 Å². The highest BCUT2D eigenvalue weighted by Gasteiger charge is 2.11. The predicted octanol–water partition coefficient (Wildman–Crippen LogP) is -0.305. The quantitative estimate of drug-likeness (QED) is 0.304. The molecule has 1 heterocycles. The van der Waals surface area contributed by atoms with Crippen LogP contribution in [0, 0.1) is 15.5 Å². The third-order valence-corrected chi connectivity index (χ3v) is 1.31. The molecule has 1 aromatic rings. The molecule has 1 aromatic heterocycles. The highest BCUT2D eigenvalue weighted by Crippen LogP contribution is 2.05. The Labute approximate surface area is 66.3 Å². The fourth-order valence-electron chi connectivity index (χ4n) is 0.699. The number of hydrogen-bond acceptors (Lipinski definition) is 5. The van der Waals surface area contributed by atoms with Crippen molar-refractivity contribution >= 4 is 11.5 Å². The molecule has 0 saturated heterocycles. The minimum absolute atomic E-state index is 0.120. The van der Waals surface area contributed by atoms with Crippen LogP contribution in [-0.4, -0.2) is 14.9 Å². The molecule has 0 unspecified atom stereocenters. The third-order valence-electron chi connectivity index (χ3n) is 1.31. The average molecular weight is 170 g/mol. The summed E-state index contributed by atoms with van der Waals surface area (Å²) in [5.41, 5.74) is 4.03. The standard InChI is InChI=1S/C5H6N4O3/c6-4-2-1-3(9(11)12)5(7)8(4)10/h1-2,7,10H,6H2. The van der Waals surface area contributed by atoms with E-state index in [1.54, 1.807) is 0 Å². The molecule has 0 spiro atoms. The maximum atomic E-state index is 10.2. The molecule has 0 aliphatic carbocycles. The molecule has 12 heavy (non-hydrogen) atoms. The van der Waals surface area contributed by atoms with E-state index in [2.05, 4.69) is 0 Å². The normalized spacial score (nSPS) is 9.67. The minimum atomic E-state index is -0.769. The SMILES string of the molecule is N=c1c([N+](=O)[O-])ccc(N)n1O. The first-order chi connectivity index (χ1) is 5.54. The zero-order valence-corrected chi connectivity index (χ0v) is 5.89. The molecule has 0 amide bonds. The van der Waals surface area contributed by atoms with E-state index in [1.165, 1.54) is 0 Å². The van der Waals surface area contributed by atoms with Gasteiger partial charge in [-0.05, 0) is 6.07 Å². The van der Waals surface area contributed by atoms with Gasteiger partial charge in [0.2, 0.25) is 5.49 Å². The number of nitro groups is 1. The van der Waals surface area contributed by atoms with Crippen LogP contribution >= 0.6 is 0 Å². The van der Waals surface area contributed by atoms with Crippen molar-refractivity contribution in [1.82, 2.24) is 4.73 Å². The lowest BCUT2D eigenvalue weighted by Crippen LogP contribution is -2.22. The van der Waals surface area contributed by atoms with Crippen LogP contribution in [0.4, 0.5) is 11.5 Å². The Bertz CT molecular complexity index is 383. The molecular formula is C5H6N4O3. The van der Waals surface area contributed by atoms with Crippen molar-refractivity contribution in [2.45, 2.75) is 0 Å². The van der Waals surface area contributed by atoms with Gasteiger partial charge in [-0.25, -0.2) is 0 Å². The Morgan fingerprint density at radius 1 is 1.67 bits per heavy atom. The lowest BCUT2D eigenvalue weighted by atomic mass is 10.4. The van der Waals surface area contributed by atoms with Crippen molar-refractivity contribution in [2.75, 3.05) is 5.73 Å². The van der Waals surface area contributed by atoms with Gasteiger partial charge in [0.1, 0.15) is 5.82 Å². The van der Waals surface area contributed by atoms with Crippen molar-refractivity contribution in [1.29, 1.82) is 5.41 Å². The summed E-state index contributed by atoms with van der Waals surface area (Å²) in [6.07, 6.45) is 0. The molecule has 1 rings (SSSR count). The maximum Gasteiger partial charge on any atom is 0.314 e. The van der Waals surface area contributed by atoms with Gasteiger partial charge in [-0.2, -0.15) is 0 Å². The number of aromatic nitrogens is 1. The number of nitrogen functional groups attached to an aromatic ring is 1. The van der Waals surface area contributed by atoms with E-state index in [0.29, 0.717) is 0 Å². The largest absolute Gasteiger partial charge is 0.425 e. The Morgan fingerprint density at radius 2 is 2.25 bits per heavy atom. The smallest absolute Gasteiger partial charge is 0.314 e. The van der Waals surface area contributed by atoms with Crippen LogP contribution in [0.2, 0.25) is 0 Å². The summed E-state index contributed by atoms with van der Waals surface area (Å²) in [6, 6.07) is 2.21. The van der Waals surface area contributed by atoms with Gasteiger partial charge in [-0.15, -0.1) is 4.73 Å². The highest BCUT2D eigenvalue weighted by atomic mass is 16.6. The fraction of sp³-hybridized carbons (Fsp3) is 0. The number of anilines is 1. The molecule has 7 heteroatoms. The zero-order valence-electron chi connectivity index (χ0n) is 5.89. The predicted molar refractivity (Wildman–Crippen MR) is 38.5 cm³/mol. The Balaban J connectivity index is 3.47. The van der Waals surface area contributed by atoms with Gasteiger partial charge in [0.25, 0.3) is 0 Å². The Hall–Kier alpha value is -2.05. The first kappa shape index (κ1) is 8.05. The highest BCUT2D eigenvalue weighted by molar-refractivity contribution is 5.36. The van der Waals surface area contributed by atoms with E-state index in [4.69, 9.17) is 16.4 Å². The zero-order chi connectivity index (χ0) is 9.30. The van der Waals surface area contributed by atoms with Crippen LogP contribution < -0.4 is 11.2 Å². The molecular weight excluding hydrogens is 164 g/mol. The second kappa shape index (κ2) is 2.53. The fourth-order valence-corrected chi connectivity index (χ4v) is 0.699. The monoisotopic (exact) mass is 170 g/mol. The maximum absolute atomic E-state index is 10.2. The summed E-state index contributed by atoms with van der Waals surface area (Å²) in [5.74, 6) is -0.120. The molecule has 0 aliphatic heterocycles. The molecule has 0 radical (unpaired) electrons. The third kappa shape index (κ3) is 1.07. The van der Waals surface area contributed by atoms with E-state index in [1.807, 2.05) is 0 Å². The first-order valence-corrected chi connectivity index (χ1v) is 2.94.